The van der Waals surface area contributed by atoms with Crippen LogP contribution in [0, 0.1) is 0 Å². The number of likely N-dealkylation sites (N-methyl/N-ethyl adjacent to an activating group) is 1. The highest BCUT2D eigenvalue weighted by molar-refractivity contribution is 14.0. The zero-order chi connectivity index (χ0) is 17.4. The average molecular weight is 480 g/mol. The maximum atomic E-state index is 4.68. The topological polar surface area (TPSA) is 55.8 Å². The van der Waals surface area contributed by atoms with Gasteiger partial charge in [0, 0.05) is 56.4 Å². The third-order valence-corrected chi connectivity index (χ3v) is 5.52. The van der Waals surface area contributed by atoms with E-state index in [4.69, 9.17) is 0 Å². The Labute approximate surface area is 173 Å². The van der Waals surface area contributed by atoms with Crippen molar-refractivity contribution >= 4 is 41.3 Å². The van der Waals surface area contributed by atoms with Crippen LogP contribution < -0.4 is 10.6 Å². The van der Waals surface area contributed by atoms with Gasteiger partial charge in [-0.1, -0.05) is 6.92 Å². The first-order valence-electron chi connectivity index (χ1n) is 9.00. The van der Waals surface area contributed by atoms with Crippen LogP contribution in [-0.2, 0) is 13.0 Å². The van der Waals surface area contributed by atoms with Gasteiger partial charge in [0.15, 0.2) is 5.96 Å². The molecule has 2 rings (SSSR count). The lowest BCUT2D eigenvalue weighted by molar-refractivity contribution is 0.120. The van der Waals surface area contributed by atoms with Crippen LogP contribution >= 0.6 is 35.3 Å². The molecule has 2 N–H and O–H groups in total. The third-order valence-electron chi connectivity index (χ3n) is 4.39. The molecular weight excluding hydrogens is 447 g/mol. The molecule has 6 nitrogen and oxygen atoms in total. The summed E-state index contributed by atoms with van der Waals surface area (Å²) in [5.41, 5.74) is 0. The van der Waals surface area contributed by atoms with Crippen LogP contribution in [0.2, 0.25) is 0 Å². The van der Waals surface area contributed by atoms with Crippen LogP contribution in [0.1, 0.15) is 30.7 Å². The van der Waals surface area contributed by atoms with E-state index >= 15 is 0 Å². The van der Waals surface area contributed by atoms with Gasteiger partial charge in [-0.2, -0.15) is 0 Å². The molecular formula is C17H33IN6S. The normalized spacial score (nSPS) is 17.8. The molecule has 0 saturated carbocycles. The first-order chi connectivity index (χ1) is 11.6. The molecule has 144 valence electrons. The van der Waals surface area contributed by atoms with E-state index in [9.17, 15) is 0 Å². The zero-order valence-electron chi connectivity index (χ0n) is 15.9. The summed E-state index contributed by atoms with van der Waals surface area (Å²) in [7, 11) is 2.19. The molecule has 0 aromatic carbocycles. The summed E-state index contributed by atoms with van der Waals surface area (Å²) in [6, 6.07) is 0.508. The van der Waals surface area contributed by atoms with Gasteiger partial charge in [-0.25, -0.2) is 9.98 Å². The Morgan fingerprint density at radius 1 is 1.28 bits per heavy atom. The number of halogens is 1. The summed E-state index contributed by atoms with van der Waals surface area (Å²) in [4.78, 5) is 15.4. The van der Waals surface area contributed by atoms with Crippen LogP contribution in [0.25, 0.3) is 0 Å². The number of aryl methyl sites for hydroxylation is 1. The van der Waals surface area contributed by atoms with Gasteiger partial charge in [0.25, 0.3) is 0 Å². The fourth-order valence-corrected chi connectivity index (χ4v) is 3.50. The minimum atomic E-state index is 0. The van der Waals surface area contributed by atoms with Gasteiger partial charge in [-0.05, 0) is 27.3 Å². The molecule has 2 heterocycles. The Bertz CT molecular complexity index is 513. The molecule has 1 aliphatic rings. The van der Waals surface area contributed by atoms with Gasteiger partial charge in [-0.3, -0.25) is 4.90 Å². The Morgan fingerprint density at radius 2 is 2.00 bits per heavy atom. The van der Waals surface area contributed by atoms with Gasteiger partial charge in [0.1, 0.15) is 5.01 Å². The fourth-order valence-electron chi connectivity index (χ4n) is 2.71. The molecule has 0 amide bonds. The number of rotatable bonds is 7. The summed E-state index contributed by atoms with van der Waals surface area (Å²) < 4.78 is 0. The summed E-state index contributed by atoms with van der Waals surface area (Å²) in [6.07, 6.45) is 3.01. The maximum absolute atomic E-state index is 4.68. The maximum Gasteiger partial charge on any atom is 0.191 e. The predicted octanol–water partition coefficient (Wildman–Crippen LogP) is 2.01. The standard InChI is InChI=1S/C17H32N6S.HI/c1-5-15-12-19-16(24-15)13-21-17(18-6-2)20-11-14(3)23-9-7-22(4)8-10-23;/h12,14H,5-11,13H2,1-4H3,(H2,18,20,21);1H. The van der Waals surface area contributed by atoms with E-state index in [-0.39, 0.29) is 24.0 Å². The lowest BCUT2D eigenvalue weighted by Crippen LogP contribution is -2.52. The van der Waals surface area contributed by atoms with E-state index < -0.39 is 0 Å². The number of hydrogen-bond donors (Lipinski definition) is 2. The Balaban J connectivity index is 0.00000312. The largest absolute Gasteiger partial charge is 0.357 e. The van der Waals surface area contributed by atoms with Gasteiger partial charge in [0.05, 0.1) is 6.54 Å². The van der Waals surface area contributed by atoms with E-state index in [1.54, 1.807) is 11.3 Å². The second-order valence-corrected chi connectivity index (χ2v) is 7.54. The van der Waals surface area contributed by atoms with E-state index in [0.29, 0.717) is 12.6 Å². The number of nitrogens with zero attached hydrogens (tertiary/aromatic N) is 4. The minimum Gasteiger partial charge on any atom is -0.357 e. The van der Waals surface area contributed by atoms with Crippen molar-refractivity contribution in [3.63, 3.8) is 0 Å². The molecule has 1 unspecified atom stereocenters. The highest BCUT2D eigenvalue weighted by atomic mass is 127. The molecule has 1 aromatic heterocycles. The number of aliphatic imine (C=N–C) groups is 1. The monoisotopic (exact) mass is 480 g/mol. The molecule has 1 aromatic rings. The Kier molecular flexibility index (Phi) is 10.9. The van der Waals surface area contributed by atoms with Crippen molar-refractivity contribution in [2.24, 2.45) is 4.99 Å². The first kappa shape index (κ1) is 22.6. The van der Waals surface area contributed by atoms with Crippen LogP contribution in [0.15, 0.2) is 11.2 Å². The molecule has 25 heavy (non-hydrogen) atoms. The van der Waals surface area contributed by atoms with Crippen LogP contribution in [0.5, 0.6) is 0 Å². The molecule has 1 atom stereocenters. The van der Waals surface area contributed by atoms with Gasteiger partial charge >= 0.3 is 0 Å². The highest BCUT2D eigenvalue weighted by Crippen LogP contribution is 2.14. The first-order valence-corrected chi connectivity index (χ1v) is 9.82. The van der Waals surface area contributed by atoms with Crippen molar-refractivity contribution in [2.75, 3.05) is 46.3 Å². The fraction of sp³-hybridized carbons (Fsp3) is 0.765. The zero-order valence-corrected chi connectivity index (χ0v) is 19.1. The second-order valence-electron chi connectivity index (χ2n) is 6.34. The van der Waals surface area contributed by atoms with Gasteiger partial charge < -0.3 is 15.5 Å². The van der Waals surface area contributed by atoms with Crippen molar-refractivity contribution in [3.05, 3.63) is 16.1 Å². The predicted molar refractivity (Wildman–Crippen MR) is 118 cm³/mol. The number of piperazine rings is 1. The van der Waals surface area contributed by atoms with E-state index in [1.807, 2.05) is 6.20 Å². The van der Waals surface area contributed by atoms with Crippen molar-refractivity contribution < 1.29 is 0 Å². The van der Waals surface area contributed by atoms with Gasteiger partial charge in [0.2, 0.25) is 0 Å². The van der Waals surface area contributed by atoms with Crippen LogP contribution in [0.3, 0.4) is 0 Å². The number of thiazole rings is 1. The second kappa shape index (κ2) is 12.0. The molecule has 1 saturated heterocycles. The highest BCUT2D eigenvalue weighted by Gasteiger charge is 2.19. The van der Waals surface area contributed by atoms with Crippen LogP contribution in [-0.4, -0.2) is 73.1 Å². The molecule has 1 aliphatic heterocycles. The summed E-state index contributed by atoms with van der Waals surface area (Å²) in [6.45, 7) is 13.6. The Morgan fingerprint density at radius 3 is 2.60 bits per heavy atom. The quantitative estimate of drug-likeness (QED) is 0.356. The van der Waals surface area contributed by atoms with Crippen molar-refractivity contribution in [3.8, 4) is 0 Å². The van der Waals surface area contributed by atoms with Crippen molar-refractivity contribution in [1.29, 1.82) is 0 Å². The summed E-state index contributed by atoms with van der Waals surface area (Å²) in [5.74, 6) is 0.881. The third kappa shape index (κ3) is 7.76. The van der Waals surface area contributed by atoms with Crippen molar-refractivity contribution in [2.45, 2.75) is 39.8 Å². The summed E-state index contributed by atoms with van der Waals surface area (Å²) >= 11 is 1.75. The van der Waals surface area contributed by atoms with Gasteiger partial charge in [-0.15, -0.1) is 35.3 Å². The van der Waals surface area contributed by atoms with Crippen LogP contribution in [0.4, 0.5) is 0 Å². The number of guanidine groups is 1. The lowest BCUT2D eigenvalue weighted by Gasteiger charge is -2.36. The number of aromatic nitrogens is 1. The van der Waals surface area contributed by atoms with E-state index in [1.165, 1.54) is 4.88 Å². The van der Waals surface area contributed by atoms with E-state index in [2.05, 4.69) is 58.2 Å². The molecule has 0 bridgehead atoms. The SMILES string of the molecule is CCNC(=NCc1ncc(CC)s1)NCC(C)N1CCN(C)CC1.I. The van der Waals surface area contributed by atoms with E-state index in [0.717, 1.165) is 56.7 Å². The Hall–Kier alpha value is -0.450. The summed E-state index contributed by atoms with van der Waals surface area (Å²) in [5, 5.41) is 7.89. The average Bonchev–Trinajstić information content (AvgIpc) is 3.06. The smallest absolute Gasteiger partial charge is 0.191 e. The molecule has 0 radical (unpaired) electrons. The number of nitrogens with one attached hydrogen (secondary N) is 2. The molecule has 1 fully saturated rings. The molecule has 8 heteroatoms. The minimum absolute atomic E-state index is 0. The lowest BCUT2D eigenvalue weighted by atomic mass is 10.2. The molecule has 0 aliphatic carbocycles. The van der Waals surface area contributed by atoms with Crippen molar-refractivity contribution in [1.82, 2.24) is 25.4 Å². The number of hydrogen-bond acceptors (Lipinski definition) is 5. The molecule has 0 spiro atoms.